The first-order valence-electron chi connectivity index (χ1n) is 7.17. The van der Waals surface area contributed by atoms with E-state index in [4.69, 9.17) is 11.6 Å². The molecule has 0 fully saturated rings. The van der Waals surface area contributed by atoms with Crippen LogP contribution in [-0.4, -0.2) is 17.4 Å². The molecule has 6 nitrogen and oxygen atoms in total. The predicted octanol–water partition coefficient (Wildman–Crippen LogP) is 3.86. The molecule has 1 heterocycles. The molecule has 0 saturated heterocycles. The molecule has 0 aliphatic carbocycles. The van der Waals surface area contributed by atoms with Crippen molar-refractivity contribution in [1.29, 1.82) is 0 Å². The zero-order chi connectivity index (χ0) is 16.4. The van der Waals surface area contributed by atoms with E-state index in [9.17, 15) is 14.9 Å². The number of carbonyl (C=O) groups excluding carboxylic acids is 1. The van der Waals surface area contributed by atoms with Crippen molar-refractivity contribution in [3.05, 3.63) is 62.7 Å². The summed E-state index contributed by atoms with van der Waals surface area (Å²) in [6.45, 7) is 0.940. The molecule has 0 radical (unpaired) electrons. The van der Waals surface area contributed by atoms with E-state index in [0.717, 1.165) is 30.6 Å². The molecule has 0 saturated carbocycles. The lowest BCUT2D eigenvalue weighted by Gasteiger charge is -2.18. The number of nitro benzene ring substituents is 1. The van der Waals surface area contributed by atoms with Gasteiger partial charge in [-0.1, -0.05) is 11.6 Å². The van der Waals surface area contributed by atoms with Gasteiger partial charge in [0.05, 0.1) is 4.92 Å². The van der Waals surface area contributed by atoms with E-state index in [0.29, 0.717) is 5.69 Å². The molecular formula is C16H14ClN3O3. The van der Waals surface area contributed by atoms with Gasteiger partial charge in [-0.15, -0.1) is 0 Å². The van der Waals surface area contributed by atoms with Crippen molar-refractivity contribution in [3.63, 3.8) is 0 Å². The van der Waals surface area contributed by atoms with Crippen LogP contribution in [0.5, 0.6) is 0 Å². The van der Waals surface area contributed by atoms with E-state index in [1.807, 2.05) is 12.1 Å². The molecule has 118 valence electrons. The molecule has 1 amide bonds. The number of amides is 1. The number of benzene rings is 2. The minimum atomic E-state index is -0.614. The van der Waals surface area contributed by atoms with E-state index in [-0.39, 0.29) is 16.3 Å². The third-order valence-electron chi connectivity index (χ3n) is 3.70. The second kappa shape index (κ2) is 6.26. The lowest BCUT2D eigenvalue weighted by Crippen LogP contribution is -2.15. The lowest BCUT2D eigenvalue weighted by molar-refractivity contribution is -0.385. The van der Waals surface area contributed by atoms with E-state index in [2.05, 4.69) is 10.6 Å². The summed E-state index contributed by atoms with van der Waals surface area (Å²) < 4.78 is 0. The topological polar surface area (TPSA) is 84.3 Å². The van der Waals surface area contributed by atoms with Crippen LogP contribution in [0.4, 0.5) is 17.1 Å². The average molecular weight is 332 g/mol. The number of hydrogen-bond acceptors (Lipinski definition) is 4. The number of nitro groups is 1. The van der Waals surface area contributed by atoms with Crippen molar-refractivity contribution in [2.75, 3.05) is 17.2 Å². The second-order valence-corrected chi connectivity index (χ2v) is 5.71. The average Bonchev–Trinajstić information content (AvgIpc) is 2.54. The molecule has 23 heavy (non-hydrogen) atoms. The second-order valence-electron chi connectivity index (χ2n) is 5.27. The molecule has 3 rings (SSSR count). The number of aryl methyl sites for hydroxylation is 1. The normalized spacial score (nSPS) is 12.9. The van der Waals surface area contributed by atoms with Crippen molar-refractivity contribution in [3.8, 4) is 0 Å². The van der Waals surface area contributed by atoms with Gasteiger partial charge in [0.2, 0.25) is 0 Å². The van der Waals surface area contributed by atoms with Gasteiger partial charge < -0.3 is 10.6 Å². The Kier molecular flexibility index (Phi) is 4.16. The molecule has 0 atom stereocenters. The molecule has 2 aromatic carbocycles. The SMILES string of the molecule is O=C(Nc1ccc2c(c1)CCCN2)c1ccc(Cl)cc1[N+](=O)[O-]. The highest BCUT2D eigenvalue weighted by Gasteiger charge is 2.21. The fraction of sp³-hybridized carbons (Fsp3) is 0.188. The quantitative estimate of drug-likeness (QED) is 0.660. The van der Waals surface area contributed by atoms with Crippen molar-refractivity contribution in [1.82, 2.24) is 0 Å². The van der Waals surface area contributed by atoms with Crippen LogP contribution in [0.15, 0.2) is 36.4 Å². The van der Waals surface area contributed by atoms with Crippen LogP contribution in [0.3, 0.4) is 0 Å². The summed E-state index contributed by atoms with van der Waals surface area (Å²) in [6, 6.07) is 9.56. The van der Waals surface area contributed by atoms with Crippen molar-refractivity contribution < 1.29 is 9.72 Å². The van der Waals surface area contributed by atoms with Crippen LogP contribution in [-0.2, 0) is 6.42 Å². The van der Waals surface area contributed by atoms with Gasteiger partial charge in [0.15, 0.2) is 0 Å². The Hall–Kier alpha value is -2.60. The van der Waals surface area contributed by atoms with E-state index in [1.165, 1.54) is 18.2 Å². The number of nitrogens with one attached hydrogen (secondary N) is 2. The van der Waals surface area contributed by atoms with Gasteiger partial charge in [-0.2, -0.15) is 0 Å². The molecule has 0 bridgehead atoms. The highest BCUT2D eigenvalue weighted by molar-refractivity contribution is 6.31. The standard InChI is InChI=1S/C16H14ClN3O3/c17-11-3-5-13(15(9-11)20(22)23)16(21)19-12-4-6-14-10(8-12)2-1-7-18-14/h3-6,8-9,18H,1-2,7H2,(H,19,21). The van der Waals surface area contributed by atoms with Gasteiger partial charge in [0.25, 0.3) is 11.6 Å². The summed E-state index contributed by atoms with van der Waals surface area (Å²) in [5, 5.41) is 17.3. The van der Waals surface area contributed by atoms with Crippen molar-refractivity contribution in [2.45, 2.75) is 12.8 Å². The van der Waals surface area contributed by atoms with Gasteiger partial charge in [-0.25, -0.2) is 0 Å². The maximum absolute atomic E-state index is 12.3. The van der Waals surface area contributed by atoms with Crippen molar-refractivity contribution in [2.24, 2.45) is 0 Å². The van der Waals surface area contributed by atoms with Crippen LogP contribution in [0.25, 0.3) is 0 Å². The summed E-state index contributed by atoms with van der Waals surface area (Å²) in [5.74, 6) is -0.530. The number of anilines is 2. The third-order valence-corrected chi connectivity index (χ3v) is 3.94. The molecular weight excluding hydrogens is 318 g/mol. The van der Waals surface area contributed by atoms with Crippen molar-refractivity contribution >= 4 is 34.6 Å². The summed E-state index contributed by atoms with van der Waals surface area (Å²) in [7, 11) is 0. The fourth-order valence-electron chi connectivity index (χ4n) is 2.60. The van der Waals surface area contributed by atoms with Crippen LogP contribution >= 0.6 is 11.6 Å². The molecule has 0 spiro atoms. The number of nitrogens with zero attached hydrogens (tertiary/aromatic N) is 1. The van der Waals surface area contributed by atoms with Gasteiger partial charge >= 0.3 is 0 Å². The molecule has 7 heteroatoms. The van der Waals surface area contributed by atoms with E-state index in [1.54, 1.807) is 6.07 Å². The zero-order valence-corrected chi connectivity index (χ0v) is 12.9. The zero-order valence-electron chi connectivity index (χ0n) is 12.1. The Morgan fingerprint density at radius 3 is 2.87 bits per heavy atom. The van der Waals surface area contributed by atoms with E-state index >= 15 is 0 Å². The van der Waals surface area contributed by atoms with E-state index < -0.39 is 10.8 Å². The number of fused-ring (bicyclic) bond motifs is 1. The Labute approximate surface area is 137 Å². The van der Waals surface area contributed by atoms with Crippen LogP contribution in [0.2, 0.25) is 5.02 Å². The highest BCUT2D eigenvalue weighted by atomic mass is 35.5. The van der Waals surface area contributed by atoms with Crippen LogP contribution in [0.1, 0.15) is 22.3 Å². The monoisotopic (exact) mass is 331 g/mol. The molecule has 1 aliphatic rings. The van der Waals surface area contributed by atoms with Crippen LogP contribution < -0.4 is 10.6 Å². The first-order chi connectivity index (χ1) is 11.0. The number of carbonyl (C=O) groups is 1. The molecule has 2 aromatic rings. The summed E-state index contributed by atoms with van der Waals surface area (Å²) in [6.07, 6.45) is 1.97. The Morgan fingerprint density at radius 2 is 2.09 bits per heavy atom. The van der Waals surface area contributed by atoms with Gasteiger partial charge in [0.1, 0.15) is 5.56 Å². The smallest absolute Gasteiger partial charge is 0.283 e. The number of rotatable bonds is 3. The van der Waals surface area contributed by atoms with Crippen LogP contribution in [0, 0.1) is 10.1 Å². The minimum absolute atomic E-state index is 0.0183. The summed E-state index contributed by atoms with van der Waals surface area (Å²) >= 11 is 5.76. The Balaban J connectivity index is 1.86. The summed E-state index contributed by atoms with van der Waals surface area (Å²) in [4.78, 5) is 22.8. The fourth-order valence-corrected chi connectivity index (χ4v) is 2.77. The first kappa shape index (κ1) is 15.3. The number of halogens is 1. The molecule has 2 N–H and O–H groups in total. The molecule has 0 aromatic heterocycles. The third kappa shape index (κ3) is 3.27. The lowest BCUT2D eigenvalue weighted by atomic mass is 10.0. The Morgan fingerprint density at radius 1 is 1.26 bits per heavy atom. The van der Waals surface area contributed by atoms with Gasteiger partial charge in [-0.05, 0) is 48.7 Å². The molecule has 0 unspecified atom stereocenters. The summed E-state index contributed by atoms with van der Waals surface area (Å²) in [5.41, 5.74) is 2.47. The molecule has 1 aliphatic heterocycles. The predicted molar refractivity (Wildman–Crippen MR) is 89.3 cm³/mol. The number of hydrogen-bond donors (Lipinski definition) is 2. The maximum atomic E-state index is 12.3. The van der Waals surface area contributed by atoms with Gasteiger partial charge in [-0.3, -0.25) is 14.9 Å². The highest BCUT2D eigenvalue weighted by Crippen LogP contribution is 2.27. The minimum Gasteiger partial charge on any atom is -0.385 e. The first-order valence-corrected chi connectivity index (χ1v) is 7.54. The van der Waals surface area contributed by atoms with Gasteiger partial charge in [0, 0.05) is 29.0 Å². The maximum Gasteiger partial charge on any atom is 0.283 e. The largest absolute Gasteiger partial charge is 0.385 e. The Bertz CT molecular complexity index is 792.